The highest BCUT2D eigenvalue weighted by Crippen LogP contribution is 2.25. The molecule has 0 spiro atoms. The van der Waals surface area contributed by atoms with Gasteiger partial charge in [0.2, 0.25) is 0 Å². The molecule has 1 rings (SSSR count). The molecule has 23 heavy (non-hydrogen) atoms. The van der Waals surface area contributed by atoms with Crippen molar-refractivity contribution in [3.05, 3.63) is 23.8 Å². The van der Waals surface area contributed by atoms with Crippen molar-refractivity contribution >= 4 is 23.8 Å². The van der Waals surface area contributed by atoms with Gasteiger partial charge >= 0.3 is 12.2 Å². The predicted molar refractivity (Wildman–Crippen MR) is 81.8 cm³/mol. The van der Waals surface area contributed by atoms with E-state index in [1.807, 2.05) is 0 Å². The molecule has 0 saturated carbocycles. The van der Waals surface area contributed by atoms with Crippen LogP contribution in [0.4, 0.5) is 15.3 Å². The number of rotatable bonds is 6. The highest BCUT2D eigenvalue weighted by molar-refractivity contribution is 5.96. The molecule has 0 atom stereocenters. The maximum Gasteiger partial charge on any atom is 0.411 e. The van der Waals surface area contributed by atoms with E-state index in [9.17, 15) is 14.4 Å². The van der Waals surface area contributed by atoms with Crippen LogP contribution in [0, 0.1) is 0 Å². The third-order valence-corrected chi connectivity index (χ3v) is 2.75. The third kappa shape index (κ3) is 5.73. The van der Waals surface area contributed by atoms with Gasteiger partial charge in [-0.3, -0.25) is 10.1 Å². The fourth-order valence-electron chi connectivity index (χ4n) is 1.61. The number of carbonyl (C=O) groups is 3. The smallest absolute Gasteiger partial charge is 0.411 e. The summed E-state index contributed by atoms with van der Waals surface area (Å²) in [7, 11) is 3.91. The first-order chi connectivity index (χ1) is 11.0. The molecular formula is C14H19N3O6. The zero-order chi connectivity index (χ0) is 17.2. The molecule has 1 aromatic carbocycles. The number of nitrogens with one attached hydrogen (secondary N) is 3. The van der Waals surface area contributed by atoms with Crippen LogP contribution < -0.4 is 20.7 Å². The van der Waals surface area contributed by atoms with Gasteiger partial charge in [-0.25, -0.2) is 9.59 Å². The van der Waals surface area contributed by atoms with Crippen LogP contribution in [-0.2, 0) is 9.47 Å². The number of ether oxygens (including phenoxy) is 3. The van der Waals surface area contributed by atoms with E-state index in [0.717, 1.165) is 0 Å². The summed E-state index contributed by atoms with van der Waals surface area (Å²) < 4.78 is 14.0. The molecular weight excluding hydrogens is 306 g/mol. The number of benzene rings is 1. The molecule has 0 radical (unpaired) electrons. The molecule has 0 heterocycles. The largest absolute Gasteiger partial charge is 0.495 e. The zero-order valence-electron chi connectivity index (χ0n) is 13.1. The van der Waals surface area contributed by atoms with Crippen LogP contribution >= 0.6 is 0 Å². The average Bonchev–Trinajstić information content (AvgIpc) is 2.58. The Bertz CT molecular complexity index is 576. The Hall–Kier alpha value is -2.97. The molecule has 3 N–H and O–H groups in total. The Morgan fingerprint density at radius 1 is 0.957 bits per heavy atom. The van der Waals surface area contributed by atoms with Gasteiger partial charge in [-0.05, 0) is 18.2 Å². The molecule has 0 aromatic heterocycles. The van der Waals surface area contributed by atoms with E-state index in [1.165, 1.54) is 39.5 Å². The molecule has 0 aliphatic rings. The van der Waals surface area contributed by atoms with Gasteiger partial charge in [-0.1, -0.05) is 0 Å². The van der Waals surface area contributed by atoms with Crippen molar-refractivity contribution in [3.8, 4) is 5.75 Å². The summed E-state index contributed by atoms with van der Waals surface area (Å²) in [6, 6.07) is 4.53. The summed E-state index contributed by atoms with van der Waals surface area (Å²) in [5.74, 6) is -0.0321. The topological polar surface area (TPSA) is 115 Å². The monoisotopic (exact) mass is 325 g/mol. The van der Waals surface area contributed by atoms with Crippen LogP contribution in [0.5, 0.6) is 5.75 Å². The second-order valence-electron chi connectivity index (χ2n) is 4.21. The predicted octanol–water partition coefficient (Wildman–Crippen LogP) is 0.959. The number of alkyl carbamates (subject to hydrolysis) is 1. The Morgan fingerprint density at radius 2 is 1.61 bits per heavy atom. The van der Waals surface area contributed by atoms with Gasteiger partial charge in [0.05, 0.1) is 27.0 Å². The van der Waals surface area contributed by atoms with Crippen molar-refractivity contribution in [3.63, 3.8) is 0 Å². The standard InChI is InChI=1S/C14H19N3O6/c1-21-11-8-9(4-5-10(11)17-14(20)23-3)12(18)15-6-7-16-13(19)22-2/h4-5,8H,6-7H2,1-3H3,(H,15,18)(H,16,19)(H,17,20). The third-order valence-electron chi connectivity index (χ3n) is 2.75. The van der Waals surface area contributed by atoms with E-state index < -0.39 is 12.2 Å². The minimum Gasteiger partial charge on any atom is -0.495 e. The van der Waals surface area contributed by atoms with Crippen molar-refractivity contribution in [2.45, 2.75) is 0 Å². The first-order valence-corrected chi connectivity index (χ1v) is 6.64. The molecule has 0 aliphatic heterocycles. The summed E-state index contributed by atoms with van der Waals surface area (Å²) in [5.41, 5.74) is 0.721. The van der Waals surface area contributed by atoms with Gasteiger partial charge in [0.25, 0.3) is 5.91 Å². The Balaban J connectivity index is 2.64. The van der Waals surface area contributed by atoms with Crippen molar-refractivity contribution < 1.29 is 28.6 Å². The summed E-state index contributed by atoms with van der Waals surface area (Å²) >= 11 is 0. The fourth-order valence-corrected chi connectivity index (χ4v) is 1.61. The molecule has 0 aliphatic carbocycles. The van der Waals surface area contributed by atoms with Gasteiger partial charge in [0.1, 0.15) is 5.75 Å². The number of hydrogen-bond donors (Lipinski definition) is 3. The Kier molecular flexibility index (Phi) is 7.18. The highest BCUT2D eigenvalue weighted by Gasteiger charge is 2.12. The maximum atomic E-state index is 12.0. The number of methoxy groups -OCH3 is 3. The lowest BCUT2D eigenvalue weighted by Crippen LogP contribution is -2.34. The lowest BCUT2D eigenvalue weighted by Gasteiger charge is -2.11. The lowest BCUT2D eigenvalue weighted by molar-refractivity contribution is 0.0952. The molecule has 0 saturated heterocycles. The second kappa shape index (κ2) is 9.13. The van der Waals surface area contributed by atoms with Crippen LogP contribution in [0.15, 0.2) is 18.2 Å². The Labute approximate surface area is 133 Å². The normalized spacial score (nSPS) is 9.52. The highest BCUT2D eigenvalue weighted by atomic mass is 16.5. The number of carbonyl (C=O) groups excluding carboxylic acids is 3. The molecule has 9 heteroatoms. The minimum atomic E-state index is -0.644. The van der Waals surface area contributed by atoms with Crippen LogP contribution in [0.2, 0.25) is 0 Å². The first-order valence-electron chi connectivity index (χ1n) is 6.64. The van der Waals surface area contributed by atoms with Crippen molar-refractivity contribution in [2.24, 2.45) is 0 Å². The van der Waals surface area contributed by atoms with Crippen molar-refractivity contribution in [1.29, 1.82) is 0 Å². The number of anilines is 1. The first kappa shape index (κ1) is 18.1. The molecule has 0 fully saturated rings. The summed E-state index contributed by atoms with van der Waals surface area (Å²) in [4.78, 5) is 34.1. The van der Waals surface area contributed by atoms with Gasteiger partial charge in [-0.15, -0.1) is 0 Å². The van der Waals surface area contributed by atoms with E-state index in [1.54, 1.807) is 0 Å². The fraction of sp³-hybridized carbons (Fsp3) is 0.357. The van der Waals surface area contributed by atoms with Gasteiger partial charge in [0.15, 0.2) is 0 Å². The minimum absolute atomic E-state index is 0.234. The van der Waals surface area contributed by atoms with E-state index in [4.69, 9.17) is 4.74 Å². The molecule has 1 aromatic rings. The van der Waals surface area contributed by atoms with E-state index in [0.29, 0.717) is 17.0 Å². The van der Waals surface area contributed by atoms with Crippen LogP contribution in [0.25, 0.3) is 0 Å². The van der Waals surface area contributed by atoms with Gasteiger partial charge in [-0.2, -0.15) is 0 Å². The van der Waals surface area contributed by atoms with Crippen LogP contribution in [0.3, 0.4) is 0 Å². The molecule has 3 amide bonds. The molecule has 0 bridgehead atoms. The summed E-state index contributed by atoms with van der Waals surface area (Å²) in [6.07, 6.45) is -1.21. The second-order valence-corrected chi connectivity index (χ2v) is 4.21. The molecule has 0 unspecified atom stereocenters. The SMILES string of the molecule is COC(=O)NCCNC(=O)c1ccc(NC(=O)OC)c(OC)c1. The van der Waals surface area contributed by atoms with E-state index in [-0.39, 0.29) is 19.0 Å². The van der Waals surface area contributed by atoms with Gasteiger partial charge < -0.3 is 24.8 Å². The quantitative estimate of drug-likeness (QED) is 0.671. The Morgan fingerprint density at radius 3 is 2.22 bits per heavy atom. The van der Waals surface area contributed by atoms with Crippen molar-refractivity contribution in [2.75, 3.05) is 39.7 Å². The van der Waals surface area contributed by atoms with Crippen LogP contribution in [0.1, 0.15) is 10.4 Å². The molecule has 126 valence electrons. The number of hydrogen-bond acceptors (Lipinski definition) is 6. The lowest BCUT2D eigenvalue weighted by atomic mass is 10.1. The van der Waals surface area contributed by atoms with Crippen LogP contribution in [-0.4, -0.2) is 52.5 Å². The molecule has 9 nitrogen and oxygen atoms in total. The summed E-state index contributed by atoms with van der Waals surface area (Å²) in [5, 5.41) is 7.53. The van der Waals surface area contributed by atoms with Crippen molar-refractivity contribution in [1.82, 2.24) is 10.6 Å². The van der Waals surface area contributed by atoms with E-state index >= 15 is 0 Å². The zero-order valence-corrected chi connectivity index (χ0v) is 13.1. The van der Waals surface area contributed by atoms with Gasteiger partial charge in [0, 0.05) is 18.7 Å². The van der Waals surface area contributed by atoms with E-state index in [2.05, 4.69) is 25.4 Å². The number of amides is 3. The maximum absolute atomic E-state index is 12.0. The average molecular weight is 325 g/mol. The summed E-state index contributed by atoms with van der Waals surface area (Å²) in [6.45, 7) is 0.468.